The summed E-state index contributed by atoms with van der Waals surface area (Å²) in [6, 6.07) is 28.7. The number of anilines is 2. The molecule has 3 aromatic rings. The number of benzene rings is 3. The largest absolute Gasteiger partial charge is 0.332 e. The molecule has 0 saturated carbocycles. The van der Waals surface area contributed by atoms with Crippen molar-refractivity contribution in [3.63, 3.8) is 0 Å². The van der Waals surface area contributed by atoms with Crippen LogP contribution in [0.3, 0.4) is 0 Å². The average molecular weight is 351 g/mol. The van der Waals surface area contributed by atoms with Crippen LogP contribution >= 0.6 is 24.0 Å². The highest BCUT2D eigenvalue weighted by Crippen LogP contribution is 2.24. The first-order valence-electron chi connectivity index (χ1n) is 7.69. The van der Waals surface area contributed by atoms with E-state index in [0.717, 1.165) is 17.1 Å². The topological polar surface area (TPSA) is 24.1 Å². The molecular formula is C20H18N2S2. The normalized spacial score (nSPS) is 10.2. The fourth-order valence-electron chi connectivity index (χ4n) is 2.19. The molecule has 0 radical (unpaired) electrons. The van der Waals surface area contributed by atoms with Crippen LogP contribution in [0.1, 0.15) is 5.56 Å². The van der Waals surface area contributed by atoms with Gasteiger partial charge in [-0.15, -0.1) is 11.8 Å². The van der Waals surface area contributed by atoms with Gasteiger partial charge in [0.05, 0.1) is 0 Å². The minimum atomic E-state index is 0.589. The molecule has 24 heavy (non-hydrogen) atoms. The van der Waals surface area contributed by atoms with Crippen molar-refractivity contribution in [3.05, 3.63) is 90.5 Å². The van der Waals surface area contributed by atoms with Crippen LogP contribution in [0.4, 0.5) is 11.4 Å². The highest BCUT2D eigenvalue weighted by molar-refractivity contribution is 7.98. The summed E-state index contributed by atoms with van der Waals surface area (Å²) >= 11 is 7.17. The Morgan fingerprint density at radius 1 is 0.708 bits per heavy atom. The molecule has 0 atom stereocenters. The van der Waals surface area contributed by atoms with Gasteiger partial charge in [-0.2, -0.15) is 0 Å². The molecule has 0 bridgehead atoms. The fourth-order valence-corrected chi connectivity index (χ4v) is 3.28. The van der Waals surface area contributed by atoms with Gasteiger partial charge in [0, 0.05) is 22.0 Å². The number of thioether (sulfide) groups is 1. The molecule has 4 heteroatoms. The molecule has 2 N–H and O–H groups in total. The highest BCUT2D eigenvalue weighted by atomic mass is 32.2. The maximum Gasteiger partial charge on any atom is 0.175 e. The summed E-state index contributed by atoms with van der Waals surface area (Å²) in [5.41, 5.74) is 3.29. The van der Waals surface area contributed by atoms with E-state index >= 15 is 0 Å². The lowest BCUT2D eigenvalue weighted by Gasteiger charge is -2.11. The Hall–Kier alpha value is -2.30. The standard InChI is InChI=1S/C20H18N2S2/c23-20(21-17-9-5-2-6-10-17)22-18-11-13-19(14-12-18)24-15-16-7-3-1-4-8-16/h1-14H,15H2,(H2,21,22,23). The Kier molecular flexibility index (Phi) is 5.88. The van der Waals surface area contributed by atoms with E-state index in [1.54, 1.807) is 0 Å². The molecule has 0 aromatic heterocycles. The van der Waals surface area contributed by atoms with Crippen molar-refractivity contribution in [2.45, 2.75) is 10.6 Å². The summed E-state index contributed by atoms with van der Waals surface area (Å²) in [6.07, 6.45) is 0. The Balaban J connectivity index is 1.51. The van der Waals surface area contributed by atoms with E-state index in [2.05, 4.69) is 47.0 Å². The predicted molar refractivity (Wildman–Crippen MR) is 109 cm³/mol. The van der Waals surface area contributed by atoms with E-state index in [9.17, 15) is 0 Å². The van der Waals surface area contributed by atoms with Gasteiger partial charge < -0.3 is 10.6 Å². The molecule has 120 valence electrons. The van der Waals surface area contributed by atoms with E-state index in [1.807, 2.05) is 60.3 Å². The number of rotatable bonds is 5. The van der Waals surface area contributed by atoms with Gasteiger partial charge in [0.15, 0.2) is 5.11 Å². The van der Waals surface area contributed by atoms with Crippen molar-refractivity contribution in [1.82, 2.24) is 0 Å². The summed E-state index contributed by atoms with van der Waals surface area (Å²) in [4.78, 5) is 1.24. The first kappa shape index (κ1) is 16.6. The van der Waals surface area contributed by atoms with E-state index in [1.165, 1.54) is 10.5 Å². The van der Waals surface area contributed by atoms with Crippen molar-refractivity contribution < 1.29 is 0 Å². The third-order valence-electron chi connectivity index (χ3n) is 3.39. The van der Waals surface area contributed by atoms with Gasteiger partial charge in [-0.25, -0.2) is 0 Å². The van der Waals surface area contributed by atoms with Crippen LogP contribution in [0, 0.1) is 0 Å². The average Bonchev–Trinajstić information content (AvgIpc) is 2.63. The number of hydrogen-bond donors (Lipinski definition) is 2. The molecule has 0 aliphatic heterocycles. The molecule has 2 nitrogen and oxygen atoms in total. The van der Waals surface area contributed by atoms with E-state index in [4.69, 9.17) is 12.2 Å². The zero-order chi connectivity index (χ0) is 16.6. The zero-order valence-corrected chi connectivity index (χ0v) is 14.7. The van der Waals surface area contributed by atoms with Crippen molar-refractivity contribution in [1.29, 1.82) is 0 Å². The van der Waals surface area contributed by atoms with Crippen LogP contribution in [0.5, 0.6) is 0 Å². The van der Waals surface area contributed by atoms with Gasteiger partial charge in [0.25, 0.3) is 0 Å². The molecule has 0 spiro atoms. The number of hydrogen-bond acceptors (Lipinski definition) is 2. The second kappa shape index (κ2) is 8.52. The van der Waals surface area contributed by atoms with Crippen molar-refractivity contribution in [2.75, 3.05) is 10.6 Å². The van der Waals surface area contributed by atoms with Gasteiger partial charge in [-0.05, 0) is 54.2 Å². The van der Waals surface area contributed by atoms with Crippen molar-refractivity contribution >= 4 is 40.5 Å². The molecule has 0 unspecified atom stereocenters. The molecule has 3 rings (SSSR count). The Morgan fingerprint density at radius 2 is 1.25 bits per heavy atom. The second-order valence-corrected chi connectivity index (χ2v) is 6.70. The number of thiocarbonyl (C=S) groups is 1. The molecule has 0 amide bonds. The van der Waals surface area contributed by atoms with Crippen LogP contribution in [0.15, 0.2) is 89.8 Å². The van der Waals surface area contributed by atoms with Gasteiger partial charge in [0.2, 0.25) is 0 Å². The van der Waals surface area contributed by atoms with Gasteiger partial charge in [0.1, 0.15) is 0 Å². The third-order valence-corrected chi connectivity index (χ3v) is 4.68. The molecule has 0 aliphatic carbocycles. The molecule has 0 fully saturated rings. The van der Waals surface area contributed by atoms with E-state index < -0.39 is 0 Å². The van der Waals surface area contributed by atoms with Crippen LogP contribution in [-0.2, 0) is 5.75 Å². The SMILES string of the molecule is S=C(Nc1ccccc1)Nc1ccc(SCc2ccccc2)cc1. The second-order valence-electron chi connectivity index (χ2n) is 5.24. The smallest absolute Gasteiger partial charge is 0.175 e. The Bertz CT molecular complexity index is 772. The third kappa shape index (κ3) is 5.11. The fraction of sp³-hybridized carbons (Fsp3) is 0.0500. The van der Waals surface area contributed by atoms with Crippen molar-refractivity contribution in [2.24, 2.45) is 0 Å². The van der Waals surface area contributed by atoms with E-state index in [-0.39, 0.29) is 0 Å². The minimum absolute atomic E-state index is 0.589. The van der Waals surface area contributed by atoms with Gasteiger partial charge in [-0.1, -0.05) is 48.5 Å². The summed E-state index contributed by atoms with van der Waals surface area (Å²) in [5.74, 6) is 0.974. The zero-order valence-electron chi connectivity index (χ0n) is 13.1. The number of para-hydroxylation sites is 1. The monoisotopic (exact) mass is 350 g/mol. The van der Waals surface area contributed by atoms with Gasteiger partial charge in [-0.3, -0.25) is 0 Å². The molecule has 0 saturated heterocycles. The summed E-state index contributed by atoms with van der Waals surface area (Å²) in [7, 11) is 0. The van der Waals surface area contributed by atoms with Crippen LogP contribution in [0.2, 0.25) is 0 Å². The Labute approximate surface area is 152 Å². The summed E-state index contributed by atoms with van der Waals surface area (Å²) < 4.78 is 0. The summed E-state index contributed by atoms with van der Waals surface area (Å²) in [6.45, 7) is 0. The maximum absolute atomic E-state index is 5.34. The predicted octanol–water partition coefficient (Wildman–Crippen LogP) is 5.79. The number of nitrogens with one attached hydrogen (secondary N) is 2. The Morgan fingerprint density at radius 3 is 1.88 bits per heavy atom. The highest BCUT2D eigenvalue weighted by Gasteiger charge is 2.00. The lowest BCUT2D eigenvalue weighted by atomic mass is 10.2. The molecule has 3 aromatic carbocycles. The first-order chi connectivity index (χ1) is 11.8. The molecule has 0 heterocycles. The quantitative estimate of drug-likeness (QED) is 0.449. The minimum Gasteiger partial charge on any atom is -0.332 e. The molecular weight excluding hydrogens is 332 g/mol. The lowest BCUT2D eigenvalue weighted by molar-refractivity contribution is 1.38. The van der Waals surface area contributed by atoms with Crippen LogP contribution in [0.25, 0.3) is 0 Å². The van der Waals surface area contributed by atoms with E-state index in [0.29, 0.717) is 5.11 Å². The van der Waals surface area contributed by atoms with Crippen LogP contribution in [-0.4, -0.2) is 5.11 Å². The lowest BCUT2D eigenvalue weighted by Crippen LogP contribution is -2.18. The van der Waals surface area contributed by atoms with Crippen LogP contribution < -0.4 is 10.6 Å². The van der Waals surface area contributed by atoms with Gasteiger partial charge >= 0.3 is 0 Å². The maximum atomic E-state index is 5.34. The first-order valence-corrected chi connectivity index (χ1v) is 9.09. The summed E-state index contributed by atoms with van der Waals surface area (Å²) in [5, 5.41) is 6.96. The van der Waals surface area contributed by atoms with Crippen molar-refractivity contribution in [3.8, 4) is 0 Å². The molecule has 0 aliphatic rings.